The highest BCUT2D eigenvalue weighted by Gasteiger charge is 2.16. The van der Waals surface area contributed by atoms with Crippen LogP contribution in [0.5, 0.6) is 0 Å². The molecule has 3 rings (SSSR count). The number of aromatic nitrogens is 2. The van der Waals surface area contributed by atoms with Crippen LogP contribution in [0.2, 0.25) is 5.02 Å². The van der Waals surface area contributed by atoms with Crippen molar-refractivity contribution in [2.45, 2.75) is 19.4 Å². The van der Waals surface area contributed by atoms with E-state index in [0.29, 0.717) is 35.5 Å². The maximum Gasteiger partial charge on any atom is 0.227 e. The highest BCUT2D eigenvalue weighted by molar-refractivity contribution is 6.30. The van der Waals surface area contributed by atoms with Gasteiger partial charge in [0, 0.05) is 23.4 Å². The third kappa shape index (κ3) is 4.52. The second kappa shape index (κ2) is 8.37. The zero-order chi connectivity index (χ0) is 18.4. The third-order valence-electron chi connectivity index (χ3n) is 3.68. The molecule has 0 saturated heterocycles. The molecule has 0 atom stereocenters. The van der Waals surface area contributed by atoms with Gasteiger partial charge in [0.15, 0.2) is 0 Å². The molecule has 0 bridgehead atoms. The van der Waals surface area contributed by atoms with Crippen molar-refractivity contribution in [3.63, 3.8) is 0 Å². The van der Waals surface area contributed by atoms with Crippen molar-refractivity contribution in [1.82, 2.24) is 15.0 Å². The zero-order valence-corrected chi connectivity index (χ0v) is 14.6. The standard InChI is InChI=1S/C19H16ClN3O3/c1-2-11-23(13-16-4-3-12-25-16)18(24)10-9-17-21-19(22-26-17)14-5-7-15(20)8-6-14/h1,3-8,12H,9-11,13H2. The second-order valence-electron chi connectivity index (χ2n) is 5.55. The minimum absolute atomic E-state index is 0.106. The molecular formula is C19H16ClN3O3. The summed E-state index contributed by atoms with van der Waals surface area (Å²) in [5.74, 6) is 3.91. The Morgan fingerprint density at radius 1 is 1.27 bits per heavy atom. The fourth-order valence-corrected chi connectivity index (χ4v) is 2.50. The lowest BCUT2D eigenvalue weighted by atomic mass is 10.2. The number of nitrogens with zero attached hydrogens (tertiary/aromatic N) is 3. The van der Waals surface area contributed by atoms with Crippen molar-refractivity contribution in [1.29, 1.82) is 0 Å². The molecule has 0 aliphatic heterocycles. The molecule has 6 nitrogen and oxygen atoms in total. The summed E-state index contributed by atoms with van der Waals surface area (Å²) in [6.07, 6.45) is 7.46. The monoisotopic (exact) mass is 369 g/mol. The van der Waals surface area contributed by atoms with Gasteiger partial charge in [-0.15, -0.1) is 6.42 Å². The van der Waals surface area contributed by atoms with Crippen LogP contribution in [0.4, 0.5) is 0 Å². The van der Waals surface area contributed by atoms with Crippen LogP contribution < -0.4 is 0 Å². The van der Waals surface area contributed by atoms with Gasteiger partial charge in [-0.1, -0.05) is 22.7 Å². The maximum atomic E-state index is 12.4. The number of hydrogen-bond acceptors (Lipinski definition) is 5. The minimum atomic E-state index is -0.106. The summed E-state index contributed by atoms with van der Waals surface area (Å²) >= 11 is 5.87. The second-order valence-corrected chi connectivity index (χ2v) is 5.99. The van der Waals surface area contributed by atoms with E-state index in [0.717, 1.165) is 5.56 Å². The van der Waals surface area contributed by atoms with E-state index in [4.69, 9.17) is 27.0 Å². The van der Waals surface area contributed by atoms with Crippen LogP contribution >= 0.6 is 11.6 Å². The molecule has 0 saturated carbocycles. The summed E-state index contributed by atoms with van der Waals surface area (Å²) in [4.78, 5) is 18.3. The van der Waals surface area contributed by atoms with E-state index in [1.165, 1.54) is 0 Å². The average Bonchev–Trinajstić information content (AvgIpc) is 3.32. The average molecular weight is 370 g/mol. The Balaban J connectivity index is 1.59. The topological polar surface area (TPSA) is 72.4 Å². The highest BCUT2D eigenvalue weighted by atomic mass is 35.5. The Morgan fingerprint density at radius 2 is 2.08 bits per heavy atom. The molecule has 3 aromatic rings. The number of aryl methyl sites for hydroxylation is 1. The Hall–Kier alpha value is -3.04. The first-order valence-corrected chi connectivity index (χ1v) is 8.35. The van der Waals surface area contributed by atoms with E-state index in [1.807, 2.05) is 0 Å². The van der Waals surface area contributed by atoms with Gasteiger partial charge in [0.05, 0.1) is 19.4 Å². The molecule has 132 valence electrons. The number of amides is 1. The van der Waals surface area contributed by atoms with Crippen LogP contribution in [0.25, 0.3) is 11.4 Å². The van der Waals surface area contributed by atoms with Crippen molar-refractivity contribution < 1.29 is 13.7 Å². The summed E-state index contributed by atoms with van der Waals surface area (Å²) < 4.78 is 10.5. The van der Waals surface area contributed by atoms with E-state index in [-0.39, 0.29) is 18.9 Å². The van der Waals surface area contributed by atoms with Crippen molar-refractivity contribution in [3.8, 4) is 23.7 Å². The Morgan fingerprint density at radius 3 is 2.77 bits per heavy atom. The lowest BCUT2D eigenvalue weighted by Gasteiger charge is -2.18. The predicted molar refractivity (Wildman–Crippen MR) is 96.0 cm³/mol. The van der Waals surface area contributed by atoms with Crippen LogP contribution in [0.3, 0.4) is 0 Å². The minimum Gasteiger partial charge on any atom is -0.467 e. The summed E-state index contributed by atoms with van der Waals surface area (Å²) in [6, 6.07) is 10.7. The lowest BCUT2D eigenvalue weighted by molar-refractivity contribution is -0.131. The van der Waals surface area contributed by atoms with Gasteiger partial charge in [0.25, 0.3) is 0 Å². The molecular weight excluding hydrogens is 354 g/mol. The van der Waals surface area contributed by atoms with Crippen LogP contribution in [-0.2, 0) is 17.8 Å². The van der Waals surface area contributed by atoms with Gasteiger partial charge in [-0.25, -0.2) is 0 Å². The largest absolute Gasteiger partial charge is 0.467 e. The van der Waals surface area contributed by atoms with Crippen molar-refractivity contribution in [2.24, 2.45) is 0 Å². The number of benzene rings is 1. The third-order valence-corrected chi connectivity index (χ3v) is 3.94. The van der Waals surface area contributed by atoms with Gasteiger partial charge < -0.3 is 13.8 Å². The number of furan rings is 1. The van der Waals surface area contributed by atoms with Crippen molar-refractivity contribution >= 4 is 17.5 Å². The highest BCUT2D eigenvalue weighted by Crippen LogP contribution is 2.19. The van der Waals surface area contributed by atoms with Crippen LogP contribution in [-0.4, -0.2) is 27.5 Å². The SMILES string of the molecule is C#CCN(Cc1ccco1)C(=O)CCc1nc(-c2ccc(Cl)cc2)no1. The van der Waals surface area contributed by atoms with Gasteiger partial charge >= 0.3 is 0 Å². The number of carbonyl (C=O) groups excluding carboxylic acids is 1. The van der Waals surface area contributed by atoms with E-state index < -0.39 is 0 Å². The molecule has 0 fully saturated rings. The van der Waals surface area contributed by atoms with Gasteiger partial charge in [-0.2, -0.15) is 4.98 Å². The fourth-order valence-electron chi connectivity index (χ4n) is 2.38. The Kier molecular flexibility index (Phi) is 5.72. The van der Waals surface area contributed by atoms with Gasteiger partial charge in [-0.05, 0) is 36.4 Å². The number of terminal acetylenes is 1. The van der Waals surface area contributed by atoms with Crippen molar-refractivity contribution in [2.75, 3.05) is 6.54 Å². The van der Waals surface area contributed by atoms with Gasteiger partial charge in [0.1, 0.15) is 5.76 Å². The Labute approximate surface area is 155 Å². The summed E-state index contributed by atoms with van der Waals surface area (Å²) in [7, 11) is 0. The molecule has 0 aliphatic rings. The first-order chi connectivity index (χ1) is 12.7. The molecule has 2 heterocycles. The van der Waals surface area contributed by atoms with E-state index in [2.05, 4.69) is 16.1 Å². The first-order valence-electron chi connectivity index (χ1n) is 7.98. The number of hydrogen-bond donors (Lipinski definition) is 0. The molecule has 2 aromatic heterocycles. The molecule has 0 N–H and O–H groups in total. The van der Waals surface area contributed by atoms with E-state index >= 15 is 0 Å². The fraction of sp³-hybridized carbons (Fsp3) is 0.211. The first kappa shape index (κ1) is 17.8. The molecule has 0 radical (unpaired) electrons. The van der Waals surface area contributed by atoms with Crippen LogP contribution in [0, 0.1) is 12.3 Å². The van der Waals surface area contributed by atoms with Crippen molar-refractivity contribution in [3.05, 3.63) is 59.3 Å². The predicted octanol–water partition coefficient (Wildman–Crippen LogP) is 3.58. The van der Waals surface area contributed by atoms with Gasteiger partial charge in [-0.3, -0.25) is 4.79 Å². The maximum absolute atomic E-state index is 12.4. The summed E-state index contributed by atoms with van der Waals surface area (Å²) in [5.41, 5.74) is 0.794. The number of carbonyl (C=O) groups is 1. The van der Waals surface area contributed by atoms with Crippen LogP contribution in [0.15, 0.2) is 51.6 Å². The smallest absolute Gasteiger partial charge is 0.227 e. The molecule has 1 amide bonds. The molecule has 0 aliphatic carbocycles. The molecule has 0 unspecified atom stereocenters. The van der Waals surface area contributed by atoms with E-state index in [9.17, 15) is 4.79 Å². The number of halogens is 1. The molecule has 0 spiro atoms. The zero-order valence-electron chi connectivity index (χ0n) is 13.9. The molecule has 7 heteroatoms. The van der Waals surface area contributed by atoms with Crippen LogP contribution in [0.1, 0.15) is 18.1 Å². The number of rotatable bonds is 7. The molecule has 1 aromatic carbocycles. The van der Waals surface area contributed by atoms with E-state index in [1.54, 1.807) is 47.6 Å². The summed E-state index contributed by atoms with van der Waals surface area (Å²) in [5, 5.41) is 4.57. The lowest BCUT2D eigenvalue weighted by Crippen LogP contribution is -2.31. The Bertz CT molecular complexity index is 895. The summed E-state index contributed by atoms with van der Waals surface area (Å²) in [6.45, 7) is 0.537. The molecule has 26 heavy (non-hydrogen) atoms. The van der Waals surface area contributed by atoms with Gasteiger partial charge in [0.2, 0.25) is 17.6 Å². The normalized spacial score (nSPS) is 10.5. The quantitative estimate of drug-likeness (QED) is 0.595.